The first-order valence-corrected chi connectivity index (χ1v) is 15.7. The van der Waals surface area contributed by atoms with Crippen LogP contribution < -0.4 is 14.4 Å². The molecule has 1 aliphatic rings. The Labute approximate surface area is 248 Å². The molecule has 3 aromatic rings. The van der Waals surface area contributed by atoms with Gasteiger partial charge in [0.25, 0.3) is 15.7 Å². The Kier molecular flexibility index (Phi) is 9.01. The summed E-state index contributed by atoms with van der Waals surface area (Å²) < 4.78 is 35.5. The van der Waals surface area contributed by atoms with Crippen molar-refractivity contribution in [3.05, 3.63) is 93.5 Å². The first kappa shape index (κ1) is 31.5. The molecule has 10 heteroatoms. The number of nitrogens with one attached hydrogen (secondary N) is 1. The van der Waals surface area contributed by atoms with Crippen molar-refractivity contribution < 1.29 is 23.2 Å². The van der Waals surface area contributed by atoms with E-state index in [-0.39, 0.29) is 28.6 Å². The van der Waals surface area contributed by atoms with E-state index in [9.17, 15) is 23.6 Å². The van der Waals surface area contributed by atoms with Gasteiger partial charge < -0.3 is 15.2 Å². The summed E-state index contributed by atoms with van der Waals surface area (Å²) in [5.74, 6) is 0.641. The lowest BCUT2D eigenvalue weighted by molar-refractivity contribution is -0.384. The lowest BCUT2D eigenvalue weighted by Crippen LogP contribution is -2.52. The molecule has 0 fully saturated rings. The van der Waals surface area contributed by atoms with Crippen LogP contribution in [0.1, 0.15) is 77.1 Å². The number of non-ortho nitro benzene ring substituents is 1. The third-order valence-corrected chi connectivity index (χ3v) is 9.48. The van der Waals surface area contributed by atoms with Crippen LogP contribution in [0, 0.1) is 10.1 Å². The second-order valence-electron chi connectivity index (χ2n) is 12.4. The van der Waals surface area contributed by atoms with Gasteiger partial charge in [0.05, 0.1) is 28.1 Å². The van der Waals surface area contributed by atoms with E-state index in [1.54, 1.807) is 12.1 Å². The maximum Gasteiger partial charge on any atom is 0.269 e. The molecular weight excluding hydrogens is 554 g/mol. The molecule has 226 valence electrons. The van der Waals surface area contributed by atoms with E-state index in [4.69, 9.17) is 4.74 Å². The fraction of sp³-hybridized carbons (Fsp3) is 0.438. The molecule has 0 radical (unpaired) electrons. The zero-order valence-corrected chi connectivity index (χ0v) is 25.9. The third kappa shape index (κ3) is 6.61. The van der Waals surface area contributed by atoms with Crippen LogP contribution in [0.5, 0.6) is 5.75 Å². The third-order valence-electron chi connectivity index (χ3n) is 7.69. The Bertz CT molecular complexity index is 1510. The van der Waals surface area contributed by atoms with Crippen molar-refractivity contribution in [2.45, 2.75) is 89.0 Å². The predicted molar refractivity (Wildman–Crippen MR) is 164 cm³/mol. The zero-order valence-electron chi connectivity index (χ0n) is 25.1. The van der Waals surface area contributed by atoms with Crippen LogP contribution in [0.4, 0.5) is 11.4 Å². The van der Waals surface area contributed by atoms with Gasteiger partial charge in [-0.05, 0) is 79.8 Å². The molecule has 4 rings (SSSR count). The minimum Gasteiger partial charge on any atom is -0.485 e. The average molecular weight is 596 g/mol. The normalized spacial score (nSPS) is 18.2. The number of aliphatic hydroxyl groups is 1. The summed E-state index contributed by atoms with van der Waals surface area (Å²) in [4.78, 5) is 10.6. The maximum atomic E-state index is 14.0. The number of fused-ring (bicyclic) bond motifs is 1. The molecule has 9 nitrogen and oxygen atoms in total. The molecular formula is C32H41N3O6S. The van der Waals surface area contributed by atoms with E-state index in [0.29, 0.717) is 17.0 Å². The van der Waals surface area contributed by atoms with Gasteiger partial charge in [-0.15, -0.1) is 0 Å². The standard InChI is InChI=1S/C32H41N3O6S/c1-7-8-19-33-29-27-20-22(9-18-28(27)41-32(5,6)30(29)36)21-34(24-12-10-23(11-13-24)31(2,3)4)42(39,40)26-16-14-25(15-17-26)35(37)38/h9-18,20,29-30,33,36H,7-8,19,21H2,1-6H3/t29-,30+/m0/s1. The number of hydrogen-bond acceptors (Lipinski definition) is 7. The molecule has 2 atom stereocenters. The topological polar surface area (TPSA) is 122 Å². The van der Waals surface area contributed by atoms with Gasteiger partial charge in [0.1, 0.15) is 17.5 Å². The Morgan fingerprint density at radius 2 is 1.69 bits per heavy atom. The summed E-state index contributed by atoms with van der Waals surface area (Å²) >= 11 is 0. The van der Waals surface area contributed by atoms with Crippen molar-refractivity contribution in [2.24, 2.45) is 0 Å². The lowest BCUT2D eigenvalue weighted by atomic mass is 9.85. The van der Waals surface area contributed by atoms with Crippen LogP contribution in [0.25, 0.3) is 0 Å². The highest BCUT2D eigenvalue weighted by atomic mass is 32.2. The molecule has 0 aliphatic carbocycles. The second kappa shape index (κ2) is 12.0. The van der Waals surface area contributed by atoms with Gasteiger partial charge in [-0.1, -0.05) is 52.3 Å². The van der Waals surface area contributed by atoms with Crippen molar-refractivity contribution in [1.82, 2.24) is 5.32 Å². The lowest BCUT2D eigenvalue weighted by Gasteiger charge is -2.42. The van der Waals surface area contributed by atoms with Crippen LogP contribution in [0.15, 0.2) is 71.6 Å². The van der Waals surface area contributed by atoms with E-state index < -0.39 is 26.7 Å². The number of ether oxygens (including phenoxy) is 1. The van der Waals surface area contributed by atoms with Gasteiger partial charge in [-0.3, -0.25) is 14.4 Å². The number of hydrogen-bond donors (Lipinski definition) is 2. The van der Waals surface area contributed by atoms with Crippen LogP contribution in [-0.2, 0) is 22.0 Å². The molecule has 1 aliphatic heterocycles. The summed E-state index contributed by atoms with van der Waals surface area (Å²) in [5, 5.41) is 25.8. The molecule has 42 heavy (non-hydrogen) atoms. The first-order chi connectivity index (χ1) is 19.6. The SMILES string of the molecule is CCCCN[C@H]1c2cc(CN(c3ccc(C(C)(C)C)cc3)S(=O)(=O)c3ccc([N+](=O)[O-])cc3)ccc2OC(C)(C)[C@@H]1O. The first-order valence-electron chi connectivity index (χ1n) is 14.3. The van der Waals surface area contributed by atoms with Crippen LogP contribution in [0.3, 0.4) is 0 Å². The number of aliphatic hydroxyl groups excluding tert-OH is 1. The van der Waals surface area contributed by atoms with Crippen LogP contribution >= 0.6 is 0 Å². The fourth-order valence-electron chi connectivity index (χ4n) is 5.08. The summed E-state index contributed by atoms with van der Waals surface area (Å²) in [7, 11) is -4.11. The highest BCUT2D eigenvalue weighted by Gasteiger charge is 2.42. The van der Waals surface area contributed by atoms with E-state index in [2.05, 4.69) is 33.0 Å². The summed E-state index contributed by atoms with van der Waals surface area (Å²) in [6.45, 7) is 12.8. The minimum atomic E-state index is -4.11. The minimum absolute atomic E-state index is 0.00261. The molecule has 0 saturated carbocycles. The molecule has 0 spiro atoms. The van der Waals surface area contributed by atoms with Gasteiger partial charge >= 0.3 is 0 Å². The number of sulfonamides is 1. The van der Waals surface area contributed by atoms with E-state index in [1.165, 1.54) is 28.6 Å². The highest BCUT2D eigenvalue weighted by molar-refractivity contribution is 7.92. The number of nitrogens with zero attached hydrogens (tertiary/aromatic N) is 2. The largest absolute Gasteiger partial charge is 0.485 e. The number of unbranched alkanes of at least 4 members (excludes halogenated alkanes) is 1. The molecule has 0 saturated heterocycles. The number of rotatable bonds is 10. The van der Waals surface area contributed by atoms with Crippen molar-refractivity contribution in [2.75, 3.05) is 10.8 Å². The Balaban J connectivity index is 1.77. The van der Waals surface area contributed by atoms with Gasteiger partial charge in [0, 0.05) is 17.7 Å². The van der Waals surface area contributed by atoms with Crippen LogP contribution in [0.2, 0.25) is 0 Å². The zero-order chi connectivity index (χ0) is 30.9. The Morgan fingerprint density at radius 1 is 1.05 bits per heavy atom. The van der Waals surface area contributed by atoms with Crippen LogP contribution in [-0.4, -0.2) is 36.7 Å². The average Bonchev–Trinajstić information content (AvgIpc) is 2.93. The Hall–Kier alpha value is -3.47. The van der Waals surface area contributed by atoms with Gasteiger partial charge in [0.2, 0.25) is 0 Å². The number of anilines is 1. The van der Waals surface area contributed by atoms with Gasteiger partial charge in [-0.2, -0.15) is 0 Å². The summed E-state index contributed by atoms with van der Waals surface area (Å²) in [5.41, 5.74) is 1.89. The molecule has 0 aromatic heterocycles. The number of nitro benzene ring substituents is 1. The number of nitro groups is 1. The molecule has 3 aromatic carbocycles. The van der Waals surface area contributed by atoms with Crippen molar-refractivity contribution in [1.29, 1.82) is 0 Å². The Morgan fingerprint density at radius 3 is 2.26 bits per heavy atom. The monoisotopic (exact) mass is 595 g/mol. The fourth-order valence-corrected chi connectivity index (χ4v) is 6.53. The summed E-state index contributed by atoms with van der Waals surface area (Å²) in [6.07, 6.45) is 1.14. The van der Waals surface area contributed by atoms with Crippen molar-refractivity contribution in [3.8, 4) is 5.75 Å². The summed E-state index contributed by atoms with van der Waals surface area (Å²) in [6, 6.07) is 17.5. The van der Waals surface area contributed by atoms with E-state index in [1.807, 2.05) is 44.2 Å². The number of benzene rings is 3. The molecule has 0 unspecified atom stereocenters. The molecule has 0 amide bonds. The van der Waals surface area contributed by atoms with E-state index in [0.717, 1.165) is 30.5 Å². The van der Waals surface area contributed by atoms with Crippen molar-refractivity contribution >= 4 is 21.4 Å². The second-order valence-corrected chi connectivity index (χ2v) is 14.2. The highest BCUT2D eigenvalue weighted by Crippen LogP contribution is 2.41. The molecule has 2 N–H and O–H groups in total. The molecule has 0 bridgehead atoms. The predicted octanol–water partition coefficient (Wildman–Crippen LogP) is 6.25. The smallest absolute Gasteiger partial charge is 0.269 e. The van der Waals surface area contributed by atoms with Crippen molar-refractivity contribution in [3.63, 3.8) is 0 Å². The molecule has 1 heterocycles. The van der Waals surface area contributed by atoms with Gasteiger partial charge in [-0.25, -0.2) is 8.42 Å². The van der Waals surface area contributed by atoms with E-state index >= 15 is 0 Å². The quantitative estimate of drug-likeness (QED) is 0.161. The van der Waals surface area contributed by atoms with Gasteiger partial charge in [0.15, 0.2) is 0 Å². The maximum absolute atomic E-state index is 14.0.